The Labute approximate surface area is 148 Å². The summed E-state index contributed by atoms with van der Waals surface area (Å²) in [6.07, 6.45) is -0.307. The molecule has 138 valence electrons. The number of benzene rings is 1. The number of hydrogen-bond donors (Lipinski definition) is 2. The second-order valence-corrected chi connectivity index (χ2v) is 7.47. The van der Waals surface area contributed by atoms with E-state index < -0.39 is 17.8 Å². The van der Waals surface area contributed by atoms with E-state index in [9.17, 15) is 14.7 Å². The van der Waals surface area contributed by atoms with E-state index in [1.165, 1.54) is 0 Å². The molecule has 0 aromatic heterocycles. The molecule has 25 heavy (non-hydrogen) atoms. The van der Waals surface area contributed by atoms with Crippen LogP contribution in [0.5, 0.6) is 0 Å². The van der Waals surface area contributed by atoms with Crippen molar-refractivity contribution in [2.75, 3.05) is 6.54 Å². The maximum Gasteiger partial charge on any atom is 0.407 e. The Kier molecular flexibility index (Phi) is 6.42. The summed E-state index contributed by atoms with van der Waals surface area (Å²) in [5.41, 5.74) is 0.364. The number of esters is 1. The Morgan fingerprint density at radius 1 is 1.20 bits per heavy atom. The molecule has 0 bridgehead atoms. The summed E-state index contributed by atoms with van der Waals surface area (Å²) in [5.74, 6) is -0.802. The molecule has 1 aliphatic rings. The zero-order chi connectivity index (χ0) is 18.4. The van der Waals surface area contributed by atoms with Gasteiger partial charge in [-0.15, -0.1) is 0 Å². The van der Waals surface area contributed by atoms with E-state index in [0.717, 1.165) is 5.56 Å². The third kappa shape index (κ3) is 6.38. The number of aliphatic hydroxyl groups excluding tert-OH is 1. The smallest absolute Gasteiger partial charge is 0.407 e. The number of ether oxygens (including phenoxy) is 2. The molecule has 3 atom stereocenters. The molecule has 0 unspecified atom stereocenters. The molecule has 1 aliphatic carbocycles. The summed E-state index contributed by atoms with van der Waals surface area (Å²) in [7, 11) is 0. The highest BCUT2D eigenvalue weighted by atomic mass is 16.6. The first-order valence-electron chi connectivity index (χ1n) is 8.60. The highest BCUT2D eigenvalue weighted by Crippen LogP contribution is 2.32. The lowest BCUT2D eigenvalue weighted by atomic mass is 10.0. The number of rotatable bonds is 5. The standard InChI is InChI=1S/C19H27NO5/c1-19(2,3)25-17(22)14-9-15(16(21)10-14)11-20-18(23)24-12-13-7-5-4-6-8-13/h4-8,14-16,21H,9-12H2,1-3H3,(H,20,23)/t14-,15+,16+/m1/s1. The van der Waals surface area contributed by atoms with Crippen molar-refractivity contribution in [3.63, 3.8) is 0 Å². The molecule has 6 nitrogen and oxygen atoms in total. The predicted octanol–water partition coefficient (Wildman–Crippen LogP) is 2.64. The monoisotopic (exact) mass is 349 g/mol. The normalized spacial score (nSPS) is 23.1. The van der Waals surface area contributed by atoms with Crippen molar-refractivity contribution in [2.24, 2.45) is 11.8 Å². The molecule has 1 amide bonds. The number of amides is 1. The van der Waals surface area contributed by atoms with Gasteiger partial charge in [-0.05, 0) is 39.2 Å². The van der Waals surface area contributed by atoms with Crippen molar-refractivity contribution in [3.05, 3.63) is 35.9 Å². The number of carbonyl (C=O) groups excluding carboxylic acids is 2. The van der Waals surface area contributed by atoms with Gasteiger partial charge in [0.25, 0.3) is 0 Å². The van der Waals surface area contributed by atoms with Crippen molar-refractivity contribution in [1.82, 2.24) is 5.32 Å². The first kappa shape index (κ1) is 19.2. The summed E-state index contributed by atoms with van der Waals surface area (Å²) in [6.45, 7) is 5.92. The molecule has 0 heterocycles. The van der Waals surface area contributed by atoms with Crippen LogP contribution >= 0.6 is 0 Å². The van der Waals surface area contributed by atoms with E-state index in [4.69, 9.17) is 9.47 Å². The van der Waals surface area contributed by atoms with Crippen molar-refractivity contribution in [3.8, 4) is 0 Å². The maximum atomic E-state index is 12.1. The summed E-state index contributed by atoms with van der Waals surface area (Å²) >= 11 is 0. The van der Waals surface area contributed by atoms with Gasteiger partial charge in [0.1, 0.15) is 12.2 Å². The Balaban J connectivity index is 1.73. The second-order valence-electron chi connectivity index (χ2n) is 7.47. The number of nitrogens with one attached hydrogen (secondary N) is 1. The van der Waals surface area contributed by atoms with Crippen LogP contribution in [0.4, 0.5) is 4.79 Å². The van der Waals surface area contributed by atoms with Crippen LogP contribution in [0.1, 0.15) is 39.2 Å². The van der Waals surface area contributed by atoms with Crippen LogP contribution in [-0.4, -0.2) is 35.4 Å². The van der Waals surface area contributed by atoms with Gasteiger partial charge in [0.15, 0.2) is 0 Å². The first-order valence-corrected chi connectivity index (χ1v) is 8.60. The van der Waals surface area contributed by atoms with Gasteiger partial charge < -0.3 is 19.9 Å². The van der Waals surface area contributed by atoms with E-state index in [1.807, 2.05) is 51.1 Å². The van der Waals surface area contributed by atoms with Gasteiger partial charge in [-0.1, -0.05) is 30.3 Å². The van der Waals surface area contributed by atoms with Crippen LogP contribution in [0.3, 0.4) is 0 Å². The van der Waals surface area contributed by atoms with E-state index in [-0.39, 0.29) is 31.0 Å². The number of hydrogen-bond acceptors (Lipinski definition) is 5. The van der Waals surface area contributed by atoms with E-state index >= 15 is 0 Å². The van der Waals surface area contributed by atoms with Crippen molar-refractivity contribution < 1.29 is 24.2 Å². The van der Waals surface area contributed by atoms with Crippen molar-refractivity contribution >= 4 is 12.1 Å². The van der Waals surface area contributed by atoms with Crippen molar-refractivity contribution in [1.29, 1.82) is 0 Å². The van der Waals surface area contributed by atoms with E-state index in [1.54, 1.807) is 0 Å². The van der Waals surface area contributed by atoms with Gasteiger partial charge in [-0.25, -0.2) is 4.79 Å². The molecule has 6 heteroatoms. The van der Waals surface area contributed by atoms with Crippen LogP contribution < -0.4 is 5.32 Å². The van der Waals surface area contributed by atoms with Crippen LogP contribution in [0, 0.1) is 11.8 Å². The highest BCUT2D eigenvalue weighted by Gasteiger charge is 2.39. The molecule has 0 aliphatic heterocycles. The molecule has 1 aromatic carbocycles. The lowest BCUT2D eigenvalue weighted by Crippen LogP contribution is -2.32. The summed E-state index contributed by atoms with van der Waals surface area (Å²) in [4.78, 5) is 23.9. The Morgan fingerprint density at radius 2 is 1.88 bits per heavy atom. The summed E-state index contributed by atoms with van der Waals surface area (Å²) < 4.78 is 10.5. The SMILES string of the molecule is CC(C)(C)OC(=O)[C@@H]1C[C@@H](CNC(=O)OCc2ccccc2)[C@@H](O)C1. The first-order chi connectivity index (χ1) is 11.7. The fourth-order valence-electron chi connectivity index (χ4n) is 2.89. The second kappa shape index (κ2) is 8.34. The molecular weight excluding hydrogens is 322 g/mol. The zero-order valence-electron chi connectivity index (χ0n) is 15.0. The third-order valence-electron chi connectivity index (χ3n) is 4.12. The van der Waals surface area contributed by atoms with Gasteiger partial charge in [0, 0.05) is 12.5 Å². The van der Waals surface area contributed by atoms with Gasteiger partial charge >= 0.3 is 12.1 Å². The fraction of sp³-hybridized carbons (Fsp3) is 0.579. The molecular formula is C19H27NO5. The lowest BCUT2D eigenvalue weighted by molar-refractivity contribution is -0.160. The highest BCUT2D eigenvalue weighted by molar-refractivity contribution is 5.73. The summed E-state index contributed by atoms with van der Waals surface area (Å²) in [6, 6.07) is 9.40. The van der Waals surface area contributed by atoms with Gasteiger partial charge in [-0.2, -0.15) is 0 Å². The molecule has 2 N–H and O–H groups in total. The third-order valence-corrected chi connectivity index (χ3v) is 4.12. The quantitative estimate of drug-likeness (QED) is 0.798. The minimum absolute atomic E-state index is 0.179. The Morgan fingerprint density at radius 3 is 2.52 bits per heavy atom. The fourth-order valence-corrected chi connectivity index (χ4v) is 2.89. The largest absolute Gasteiger partial charge is 0.460 e. The lowest BCUT2D eigenvalue weighted by Gasteiger charge is -2.22. The van der Waals surface area contributed by atoms with Crippen LogP contribution in [0.25, 0.3) is 0 Å². The average molecular weight is 349 g/mol. The average Bonchev–Trinajstić information content (AvgIpc) is 2.91. The molecule has 1 aromatic rings. The predicted molar refractivity (Wildman–Crippen MR) is 92.7 cm³/mol. The van der Waals surface area contributed by atoms with Crippen LogP contribution in [0.2, 0.25) is 0 Å². The minimum Gasteiger partial charge on any atom is -0.460 e. The minimum atomic E-state index is -0.632. The van der Waals surface area contributed by atoms with E-state index in [2.05, 4.69) is 5.32 Å². The van der Waals surface area contributed by atoms with Gasteiger partial charge in [0.2, 0.25) is 0 Å². The maximum absolute atomic E-state index is 12.1. The number of aliphatic hydroxyl groups is 1. The topological polar surface area (TPSA) is 84.9 Å². The Hall–Kier alpha value is -2.08. The number of carbonyl (C=O) groups is 2. The molecule has 0 spiro atoms. The van der Waals surface area contributed by atoms with Crippen LogP contribution in [0.15, 0.2) is 30.3 Å². The molecule has 1 fully saturated rings. The molecule has 0 saturated heterocycles. The summed E-state index contributed by atoms with van der Waals surface area (Å²) in [5, 5.41) is 12.8. The molecule has 2 rings (SSSR count). The van der Waals surface area contributed by atoms with Gasteiger partial charge in [0.05, 0.1) is 12.0 Å². The Bertz CT molecular complexity index is 581. The zero-order valence-corrected chi connectivity index (χ0v) is 15.0. The van der Waals surface area contributed by atoms with Crippen molar-refractivity contribution in [2.45, 2.75) is 51.9 Å². The number of alkyl carbamates (subject to hydrolysis) is 1. The molecule has 1 saturated carbocycles. The molecule has 0 radical (unpaired) electrons. The van der Waals surface area contributed by atoms with Gasteiger partial charge in [-0.3, -0.25) is 4.79 Å². The van der Waals surface area contributed by atoms with Crippen LogP contribution in [-0.2, 0) is 20.9 Å². The van der Waals surface area contributed by atoms with E-state index in [0.29, 0.717) is 12.8 Å².